The van der Waals surface area contributed by atoms with Crippen molar-refractivity contribution < 1.29 is 38.1 Å². The molecule has 4 amide bonds. The number of nitrogens with one attached hydrogen (secondary N) is 2. The molecule has 1 saturated heterocycles. The fourth-order valence-corrected chi connectivity index (χ4v) is 7.63. The minimum absolute atomic E-state index is 0.0247. The van der Waals surface area contributed by atoms with Gasteiger partial charge in [0.2, 0.25) is 17.7 Å². The maximum absolute atomic E-state index is 13.0. The van der Waals surface area contributed by atoms with Gasteiger partial charge in [-0.2, -0.15) is 0 Å². The molecule has 3 aliphatic rings. The van der Waals surface area contributed by atoms with Crippen LogP contribution < -0.4 is 10.6 Å². The van der Waals surface area contributed by atoms with Gasteiger partial charge in [0.15, 0.2) is 0 Å². The van der Waals surface area contributed by atoms with Gasteiger partial charge in [-0.15, -0.1) is 11.8 Å². The molecule has 2 fully saturated rings. The fraction of sp³-hybridized carbons (Fsp3) is 0.829. The third-order valence-electron chi connectivity index (χ3n) is 8.74. The Morgan fingerprint density at radius 1 is 0.723 bits per heavy atom. The van der Waals surface area contributed by atoms with Gasteiger partial charge in [0.05, 0.1) is 44.9 Å². The smallest absolute Gasteiger partial charge is 0.407 e. The van der Waals surface area contributed by atoms with E-state index >= 15 is 0 Å². The first-order valence-corrected chi connectivity index (χ1v) is 19.1. The van der Waals surface area contributed by atoms with E-state index in [9.17, 15) is 19.2 Å². The van der Waals surface area contributed by atoms with E-state index in [4.69, 9.17) is 18.9 Å². The summed E-state index contributed by atoms with van der Waals surface area (Å²) in [6.07, 6.45) is 21.4. The number of allylic oxidation sites excluding steroid dienone is 2. The van der Waals surface area contributed by atoms with Crippen LogP contribution in [-0.2, 0) is 33.3 Å². The van der Waals surface area contributed by atoms with Crippen molar-refractivity contribution in [1.29, 1.82) is 0 Å². The van der Waals surface area contributed by atoms with Crippen molar-refractivity contribution in [2.24, 2.45) is 0 Å². The van der Waals surface area contributed by atoms with Crippen LogP contribution in [0.1, 0.15) is 109 Å². The van der Waals surface area contributed by atoms with Crippen LogP contribution in [-0.4, -0.2) is 105 Å². The maximum Gasteiger partial charge on any atom is 0.407 e. The molecule has 0 aromatic rings. The number of nitrogens with zero attached hydrogens (tertiary/aromatic N) is 1. The van der Waals surface area contributed by atoms with Gasteiger partial charge in [0.25, 0.3) is 0 Å². The third kappa shape index (κ3) is 17.7. The van der Waals surface area contributed by atoms with E-state index in [1.165, 1.54) is 56.3 Å². The first-order chi connectivity index (χ1) is 23.0. The first-order valence-electron chi connectivity index (χ1n) is 18.1. The van der Waals surface area contributed by atoms with E-state index in [1.807, 2.05) is 0 Å². The van der Waals surface area contributed by atoms with Crippen molar-refractivity contribution in [2.75, 3.05) is 59.3 Å². The van der Waals surface area contributed by atoms with Gasteiger partial charge in [-0.1, -0.05) is 63.5 Å². The molecule has 3 rings (SSSR count). The zero-order valence-corrected chi connectivity index (χ0v) is 29.2. The number of imide groups is 1. The zero-order chi connectivity index (χ0) is 33.4. The standard InChI is InChI=1S/C35H59N3O8S/c39-32(18-21-38-33(40)28-31(34(38)41)47-30-16-12-8-3-1-2-4-9-13-17-30)36-19-22-43-24-26-45-27-25-44-23-20-37-35(42)46-29-14-10-6-5-7-11-15-29/h5-6,29-31H,1-4,7-28H2,(H,36,39)(H,37,42)/b6-5+. The summed E-state index contributed by atoms with van der Waals surface area (Å²) in [5.74, 6) is -0.506. The fourth-order valence-electron chi connectivity index (χ4n) is 6.08. The second kappa shape index (κ2) is 24.9. The molecule has 47 heavy (non-hydrogen) atoms. The van der Waals surface area contributed by atoms with Crippen molar-refractivity contribution in [3.05, 3.63) is 12.2 Å². The Bertz CT molecular complexity index is 940. The second-order valence-corrected chi connectivity index (χ2v) is 14.1. The molecule has 1 aliphatic heterocycles. The quantitative estimate of drug-likeness (QED) is 0.112. The Morgan fingerprint density at radius 2 is 1.32 bits per heavy atom. The average molecular weight is 682 g/mol. The van der Waals surface area contributed by atoms with E-state index in [0.717, 1.165) is 44.9 Å². The van der Waals surface area contributed by atoms with Crippen LogP contribution in [0.25, 0.3) is 0 Å². The molecule has 2 unspecified atom stereocenters. The van der Waals surface area contributed by atoms with Crippen molar-refractivity contribution in [2.45, 2.75) is 126 Å². The normalized spacial score (nSPS) is 22.6. The summed E-state index contributed by atoms with van der Waals surface area (Å²) in [6.45, 7) is 3.17. The monoisotopic (exact) mass is 681 g/mol. The molecule has 1 heterocycles. The third-order valence-corrected chi connectivity index (χ3v) is 10.3. The van der Waals surface area contributed by atoms with Crippen molar-refractivity contribution in [3.8, 4) is 0 Å². The van der Waals surface area contributed by atoms with Gasteiger partial charge in [-0.05, 0) is 44.9 Å². The lowest BCUT2D eigenvalue weighted by Crippen LogP contribution is -2.36. The highest BCUT2D eigenvalue weighted by Gasteiger charge is 2.40. The summed E-state index contributed by atoms with van der Waals surface area (Å²) in [7, 11) is 0. The lowest BCUT2D eigenvalue weighted by molar-refractivity contribution is -0.138. The van der Waals surface area contributed by atoms with Crippen molar-refractivity contribution in [3.63, 3.8) is 0 Å². The Hall–Kier alpha value is -2.15. The van der Waals surface area contributed by atoms with Crippen LogP contribution in [0, 0.1) is 0 Å². The molecule has 0 aromatic carbocycles. The maximum atomic E-state index is 13.0. The highest BCUT2D eigenvalue weighted by Crippen LogP contribution is 2.34. The van der Waals surface area contributed by atoms with Crippen molar-refractivity contribution in [1.82, 2.24) is 15.5 Å². The Kier molecular flexibility index (Phi) is 20.8. The van der Waals surface area contributed by atoms with E-state index in [-0.39, 0.29) is 48.5 Å². The van der Waals surface area contributed by atoms with E-state index in [2.05, 4.69) is 22.8 Å². The predicted octanol–water partition coefficient (Wildman–Crippen LogP) is 5.30. The second-order valence-electron chi connectivity index (χ2n) is 12.6. The number of hydrogen-bond donors (Lipinski definition) is 2. The first kappa shape index (κ1) is 39.3. The number of carbonyl (C=O) groups excluding carboxylic acids is 4. The summed E-state index contributed by atoms with van der Waals surface area (Å²) >= 11 is 1.69. The zero-order valence-electron chi connectivity index (χ0n) is 28.4. The van der Waals surface area contributed by atoms with Gasteiger partial charge in [-0.25, -0.2) is 4.79 Å². The molecule has 0 aromatic heterocycles. The van der Waals surface area contributed by atoms with Crippen LogP contribution >= 0.6 is 11.8 Å². The number of carbonyl (C=O) groups is 4. The molecule has 2 atom stereocenters. The molecule has 11 nitrogen and oxygen atoms in total. The predicted molar refractivity (Wildman–Crippen MR) is 183 cm³/mol. The molecule has 0 radical (unpaired) electrons. The number of rotatable bonds is 18. The van der Waals surface area contributed by atoms with E-state index < -0.39 is 6.09 Å². The highest BCUT2D eigenvalue weighted by molar-refractivity contribution is 8.01. The summed E-state index contributed by atoms with van der Waals surface area (Å²) in [5, 5.41) is 5.63. The van der Waals surface area contributed by atoms with Crippen LogP contribution in [0.4, 0.5) is 4.79 Å². The molecule has 1 saturated carbocycles. The Morgan fingerprint density at radius 3 is 2.00 bits per heavy atom. The lowest BCUT2D eigenvalue weighted by Gasteiger charge is -2.20. The van der Waals surface area contributed by atoms with Crippen LogP contribution in [0.5, 0.6) is 0 Å². The number of thioether (sulfide) groups is 1. The number of ether oxygens (including phenoxy) is 4. The van der Waals surface area contributed by atoms with Crippen LogP contribution in [0.15, 0.2) is 12.2 Å². The molecule has 2 aliphatic carbocycles. The summed E-state index contributed by atoms with van der Waals surface area (Å²) in [5.41, 5.74) is 0. The van der Waals surface area contributed by atoms with Crippen LogP contribution in [0.2, 0.25) is 0 Å². The number of amides is 4. The van der Waals surface area contributed by atoms with Gasteiger partial charge in [0.1, 0.15) is 6.10 Å². The molecule has 2 N–H and O–H groups in total. The van der Waals surface area contributed by atoms with E-state index in [0.29, 0.717) is 58.0 Å². The minimum Gasteiger partial charge on any atom is -0.446 e. The number of likely N-dealkylation sites (tertiary alicyclic amines) is 1. The largest absolute Gasteiger partial charge is 0.446 e. The minimum atomic E-state index is -0.395. The highest BCUT2D eigenvalue weighted by atomic mass is 32.2. The van der Waals surface area contributed by atoms with E-state index in [1.54, 1.807) is 11.8 Å². The Labute approximate surface area is 286 Å². The average Bonchev–Trinajstić information content (AvgIpc) is 3.27. The molecule has 12 heteroatoms. The number of alkyl carbamates (subject to hydrolysis) is 1. The van der Waals surface area contributed by atoms with Gasteiger partial charge < -0.3 is 29.6 Å². The van der Waals surface area contributed by atoms with Crippen molar-refractivity contribution >= 4 is 35.6 Å². The topological polar surface area (TPSA) is 132 Å². The SMILES string of the molecule is O=C(CCN1C(=O)CC(SC2CCCCCCCCCC2)C1=O)NCCOCCOCCOCCNC(=O)OC1CC/C=C/CCC1. The summed E-state index contributed by atoms with van der Waals surface area (Å²) in [6, 6.07) is 0. The number of hydrogen-bond acceptors (Lipinski definition) is 9. The molecular weight excluding hydrogens is 622 g/mol. The molecule has 268 valence electrons. The van der Waals surface area contributed by atoms with Gasteiger partial charge in [-0.3, -0.25) is 19.3 Å². The molecule has 0 bridgehead atoms. The van der Waals surface area contributed by atoms with Gasteiger partial charge in [0, 0.05) is 37.7 Å². The lowest BCUT2D eigenvalue weighted by atomic mass is 10.0. The Balaban J connectivity index is 1.12. The molecule has 0 spiro atoms. The van der Waals surface area contributed by atoms with Crippen LogP contribution in [0.3, 0.4) is 0 Å². The van der Waals surface area contributed by atoms with Gasteiger partial charge >= 0.3 is 6.09 Å². The summed E-state index contributed by atoms with van der Waals surface area (Å²) < 4.78 is 22.0. The molecular formula is C35H59N3O8S. The summed E-state index contributed by atoms with van der Waals surface area (Å²) in [4.78, 5) is 51.1.